The smallest absolute Gasteiger partial charge is 0.227 e. The first-order valence-electron chi connectivity index (χ1n) is 12.4. The molecule has 0 saturated carbocycles. The highest BCUT2D eigenvalue weighted by Gasteiger charge is 2.23. The Bertz CT molecular complexity index is 1500. The zero-order valence-corrected chi connectivity index (χ0v) is 22.7. The van der Waals surface area contributed by atoms with Crippen molar-refractivity contribution in [2.45, 2.75) is 32.7 Å². The molecule has 0 saturated heterocycles. The van der Waals surface area contributed by atoms with E-state index in [4.69, 9.17) is 11.6 Å². The molecule has 1 amide bonds. The quantitative estimate of drug-likeness (QED) is 0.259. The number of anilines is 1. The zero-order valence-electron chi connectivity index (χ0n) is 21.1. The maximum Gasteiger partial charge on any atom is 0.227 e. The highest BCUT2D eigenvalue weighted by atomic mass is 35.5. The fourth-order valence-electron chi connectivity index (χ4n) is 4.47. The molecule has 0 bridgehead atoms. The number of rotatable bonds is 9. The number of halogens is 1. The third kappa shape index (κ3) is 7.07. The summed E-state index contributed by atoms with van der Waals surface area (Å²) in [5, 5.41) is 0.612. The fraction of sp³-hybridized carbons (Fsp3) is 0.200. The Hall–Kier alpha value is -3.52. The minimum Gasteiger partial charge on any atom is -0.748 e. The lowest BCUT2D eigenvalue weighted by atomic mass is 9.98. The van der Waals surface area contributed by atoms with Gasteiger partial charge in [0.2, 0.25) is 11.6 Å². The van der Waals surface area contributed by atoms with Gasteiger partial charge in [0.15, 0.2) is 6.20 Å². The average Bonchev–Trinajstić information content (AvgIpc) is 3.25. The van der Waals surface area contributed by atoms with Crippen molar-refractivity contribution in [1.82, 2.24) is 0 Å². The van der Waals surface area contributed by atoms with Crippen LogP contribution in [0.3, 0.4) is 0 Å². The third-order valence-corrected chi connectivity index (χ3v) is 7.57. The number of hydrogen-bond donors (Lipinski definition) is 0. The van der Waals surface area contributed by atoms with Crippen LogP contribution in [0.15, 0.2) is 114 Å². The SMILES string of the molecule is CC(=O)N(/C=C1\CCC(/C=C(\c2ccccc2)c2cccc[n+]2CCCS(=O)(=O)[O-])=C1Cl)c1ccccc1. The predicted molar refractivity (Wildman–Crippen MR) is 149 cm³/mol. The zero-order chi connectivity index (χ0) is 27.1. The van der Waals surface area contributed by atoms with E-state index in [1.165, 1.54) is 6.92 Å². The summed E-state index contributed by atoms with van der Waals surface area (Å²) in [6, 6.07) is 25.1. The molecule has 6 nitrogen and oxygen atoms in total. The van der Waals surface area contributed by atoms with Gasteiger partial charge in [-0.05, 0) is 53.8 Å². The Labute approximate surface area is 228 Å². The second-order valence-corrected chi connectivity index (χ2v) is 10.9. The molecule has 0 unspecified atom stereocenters. The summed E-state index contributed by atoms with van der Waals surface area (Å²) < 4.78 is 35.4. The number of aryl methyl sites for hydroxylation is 1. The molecular weight excluding hydrogens is 520 g/mol. The Morgan fingerprint density at radius 2 is 1.66 bits per heavy atom. The highest BCUT2D eigenvalue weighted by Crippen LogP contribution is 2.38. The van der Waals surface area contributed by atoms with Crippen molar-refractivity contribution in [1.29, 1.82) is 0 Å². The van der Waals surface area contributed by atoms with Gasteiger partial charge in [-0.15, -0.1) is 0 Å². The number of hydrogen-bond acceptors (Lipinski definition) is 4. The van der Waals surface area contributed by atoms with E-state index in [1.54, 1.807) is 4.90 Å². The predicted octanol–water partition coefficient (Wildman–Crippen LogP) is 5.56. The molecule has 3 aromatic rings. The van der Waals surface area contributed by atoms with Gasteiger partial charge in [-0.25, -0.2) is 8.42 Å². The van der Waals surface area contributed by atoms with E-state index < -0.39 is 15.9 Å². The van der Waals surface area contributed by atoms with E-state index in [0.29, 0.717) is 24.4 Å². The number of benzene rings is 2. The summed E-state index contributed by atoms with van der Waals surface area (Å²) >= 11 is 6.89. The van der Waals surface area contributed by atoms with Crippen LogP contribution in [0, 0.1) is 0 Å². The summed E-state index contributed by atoms with van der Waals surface area (Å²) in [6.07, 6.45) is 7.38. The topological polar surface area (TPSA) is 81.4 Å². The first-order valence-corrected chi connectivity index (χ1v) is 14.3. The first kappa shape index (κ1) is 27.5. The fourth-order valence-corrected chi connectivity index (χ4v) is 5.24. The van der Waals surface area contributed by atoms with E-state index in [-0.39, 0.29) is 12.3 Å². The van der Waals surface area contributed by atoms with Crippen LogP contribution in [0.5, 0.6) is 0 Å². The molecule has 38 heavy (non-hydrogen) atoms. The molecule has 0 N–H and O–H groups in total. The molecule has 0 atom stereocenters. The lowest BCUT2D eigenvalue weighted by Gasteiger charge is -2.17. The molecule has 1 aromatic heterocycles. The Balaban J connectivity index is 1.74. The lowest BCUT2D eigenvalue weighted by molar-refractivity contribution is -0.698. The maximum atomic E-state index is 12.4. The largest absolute Gasteiger partial charge is 0.748 e. The highest BCUT2D eigenvalue weighted by molar-refractivity contribution is 7.85. The molecule has 0 fully saturated rings. The summed E-state index contributed by atoms with van der Waals surface area (Å²) in [5.41, 5.74) is 5.39. The summed E-state index contributed by atoms with van der Waals surface area (Å²) in [5.74, 6) is -0.523. The van der Waals surface area contributed by atoms with Crippen LogP contribution in [0.1, 0.15) is 37.4 Å². The molecule has 1 heterocycles. The van der Waals surface area contributed by atoms with E-state index in [0.717, 1.165) is 33.7 Å². The number of para-hydroxylation sites is 1. The summed E-state index contributed by atoms with van der Waals surface area (Å²) in [7, 11) is -4.28. The van der Waals surface area contributed by atoms with Crippen molar-refractivity contribution < 1.29 is 22.3 Å². The second kappa shape index (κ2) is 12.3. The van der Waals surface area contributed by atoms with Crippen molar-refractivity contribution >= 4 is 38.9 Å². The van der Waals surface area contributed by atoms with Gasteiger partial charge in [-0.3, -0.25) is 9.69 Å². The van der Waals surface area contributed by atoms with Crippen LogP contribution in [0.4, 0.5) is 5.69 Å². The molecule has 0 spiro atoms. The van der Waals surface area contributed by atoms with Crippen molar-refractivity contribution in [3.05, 3.63) is 125 Å². The number of nitrogens with zero attached hydrogens (tertiary/aromatic N) is 2. The molecule has 0 radical (unpaired) electrons. The Morgan fingerprint density at radius 1 is 1.00 bits per heavy atom. The third-order valence-electron chi connectivity index (χ3n) is 6.30. The summed E-state index contributed by atoms with van der Waals surface area (Å²) in [4.78, 5) is 14.0. The molecule has 196 valence electrons. The number of allylic oxidation sites excluding steroid dienone is 4. The molecule has 8 heteroatoms. The number of carbonyl (C=O) groups excluding carboxylic acids is 1. The van der Waals surface area contributed by atoms with Gasteiger partial charge in [-0.1, -0.05) is 60.1 Å². The van der Waals surface area contributed by atoms with Crippen molar-refractivity contribution in [3.63, 3.8) is 0 Å². The Morgan fingerprint density at radius 3 is 2.32 bits per heavy atom. The average molecular weight is 549 g/mol. The van der Waals surface area contributed by atoms with Gasteiger partial charge < -0.3 is 4.55 Å². The molecule has 2 aromatic carbocycles. The van der Waals surface area contributed by atoms with Crippen molar-refractivity contribution in [2.75, 3.05) is 10.7 Å². The van der Waals surface area contributed by atoms with Crippen LogP contribution < -0.4 is 9.47 Å². The number of amides is 1. The van der Waals surface area contributed by atoms with Gasteiger partial charge in [0.25, 0.3) is 0 Å². The molecule has 0 aliphatic heterocycles. The van der Waals surface area contributed by atoms with Gasteiger partial charge in [0.05, 0.1) is 15.7 Å². The van der Waals surface area contributed by atoms with Gasteiger partial charge in [-0.2, -0.15) is 4.57 Å². The number of carbonyl (C=O) groups is 1. The standard InChI is InChI=1S/C30H29ClN2O4S/c1-23(34)33(27-13-6-3-7-14-27)22-26-17-16-25(30(26)31)21-28(24-11-4-2-5-12-24)29-15-8-9-18-32(29)19-10-20-38(35,36)37/h2-9,11-15,18,21-22H,10,16-17,19-20H2,1H3. The van der Waals surface area contributed by atoms with Crippen LogP contribution >= 0.6 is 11.6 Å². The van der Waals surface area contributed by atoms with E-state index in [9.17, 15) is 17.8 Å². The number of aromatic nitrogens is 1. The monoisotopic (exact) mass is 548 g/mol. The second-order valence-electron chi connectivity index (χ2n) is 9.04. The van der Waals surface area contributed by atoms with Crippen molar-refractivity contribution in [2.24, 2.45) is 0 Å². The summed E-state index contributed by atoms with van der Waals surface area (Å²) in [6.45, 7) is 1.90. The van der Waals surface area contributed by atoms with E-state index in [2.05, 4.69) is 6.08 Å². The van der Waals surface area contributed by atoms with Crippen LogP contribution in [0.25, 0.3) is 5.57 Å². The van der Waals surface area contributed by atoms with Crippen LogP contribution in [0.2, 0.25) is 0 Å². The molecule has 4 rings (SSSR count). The van der Waals surface area contributed by atoms with Gasteiger partial charge >= 0.3 is 0 Å². The molecule has 1 aliphatic rings. The number of pyridine rings is 1. The van der Waals surface area contributed by atoms with Gasteiger partial charge in [0, 0.05) is 48.1 Å². The maximum absolute atomic E-state index is 12.4. The lowest BCUT2D eigenvalue weighted by Crippen LogP contribution is -2.38. The minimum atomic E-state index is -4.28. The molecule has 1 aliphatic carbocycles. The van der Waals surface area contributed by atoms with Crippen molar-refractivity contribution in [3.8, 4) is 0 Å². The minimum absolute atomic E-state index is 0.104. The normalized spacial score (nSPS) is 15.2. The Kier molecular flexibility index (Phi) is 8.94. The molecular formula is C30H29ClN2O4S. The van der Waals surface area contributed by atoms with E-state index >= 15 is 0 Å². The van der Waals surface area contributed by atoms with Gasteiger partial charge in [0.1, 0.15) is 6.54 Å². The van der Waals surface area contributed by atoms with Crippen LogP contribution in [-0.2, 0) is 21.5 Å². The van der Waals surface area contributed by atoms with E-state index in [1.807, 2.05) is 95.8 Å². The first-order chi connectivity index (χ1) is 18.2. The van der Waals surface area contributed by atoms with Crippen LogP contribution in [-0.4, -0.2) is 24.6 Å².